The molecule has 0 spiro atoms. The van der Waals surface area contributed by atoms with Crippen LogP contribution in [0.15, 0.2) is 24.3 Å². The number of carbonyl (C=O) groups is 3. The second-order valence-electron chi connectivity index (χ2n) is 5.98. The largest absolute Gasteiger partial charge is 0.337 e. The van der Waals surface area contributed by atoms with E-state index in [2.05, 4.69) is 5.32 Å². The van der Waals surface area contributed by atoms with Gasteiger partial charge >= 0.3 is 6.03 Å². The predicted octanol–water partition coefficient (Wildman–Crippen LogP) is 1.50. The van der Waals surface area contributed by atoms with Crippen LogP contribution >= 0.6 is 0 Å². The summed E-state index contributed by atoms with van der Waals surface area (Å²) >= 11 is 0. The lowest BCUT2D eigenvalue weighted by molar-refractivity contribution is -0.138. The number of carbonyl (C=O) groups excluding carboxylic acids is 3. The molecule has 1 aliphatic heterocycles. The number of halogens is 1. The first-order valence-electron chi connectivity index (χ1n) is 7.41. The van der Waals surface area contributed by atoms with Crippen molar-refractivity contribution in [3.63, 3.8) is 0 Å². The van der Waals surface area contributed by atoms with Crippen LogP contribution in [0.5, 0.6) is 0 Å². The highest BCUT2D eigenvalue weighted by Crippen LogP contribution is 2.17. The first-order chi connectivity index (χ1) is 10.7. The number of nitrogens with zero attached hydrogens (tertiary/aromatic N) is 2. The molecule has 4 amide bonds. The summed E-state index contributed by atoms with van der Waals surface area (Å²) in [5.41, 5.74) is -0.352. The van der Waals surface area contributed by atoms with Gasteiger partial charge in [-0.25, -0.2) is 9.18 Å². The molecule has 0 atom stereocenters. The summed E-state index contributed by atoms with van der Waals surface area (Å²) in [6.45, 7) is 5.25. The number of nitrogens with one attached hydrogen (secondary N) is 1. The Morgan fingerprint density at radius 3 is 2.57 bits per heavy atom. The maximum absolute atomic E-state index is 13.2. The molecule has 1 heterocycles. The van der Waals surface area contributed by atoms with E-state index >= 15 is 0 Å². The minimum Gasteiger partial charge on any atom is -0.337 e. The van der Waals surface area contributed by atoms with E-state index in [1.807, 2.05) is 0 Å². The number of hydrogen-bond acceptors (Lipinski definition) is 3. The molecule has 1 fully saturated rings. The lowest BCUT2D eigenvalue weighted by Gasteiger charge is -2.23. The molecule has 0 aliphatic carbocycles. The fourth-order valence-corrected chi connectivity index (χ4v) is 2.43. The van der Waals surface area contributed by atoms with Crippen LogP contribution in [-0.2, 0) is 16.1 Å². The number of likely N-dealkylation sites (N-methyl/N-ethyl adjacent to an activating group) is 1. The lowest BCUT2D eigenvalue weighted by atomic mass is 10.1. The SMILES string of the molecule is CCN(Cc1cccc(F)c1)C(=O)CN1C(=O)NC(C)(C)C1=O. The minimum absolute atomic E-state index is 0.222. The molecule has 1 aromatic rings. The van der Waals surface area contributed by atoms with Crippen LogP contribution in [0.4, 0.5) is 9.18 Å². The van der Waals surface area contributed by atoms with Crippen molar-refractivity contribution < 1.29 is 18.8 Å². The van der Waals surface area contributed by atoms with E-state index in [0.29, 0.717) is 12.1 Å². The fraction of sp³-hybridized carbons (Fsp3) is 0.438. The lowest BCUT2D eigenvalue weighted by Crippen LogP contribution is -2.44. The summed E-state index contributed by atoms with van der Waals surface area (Å²) in [6.07, 6.45) is 0. The van der Waals surface area contributed by atoms with Crippen LogP contribution in [-0.4, -0.2) is 46.3 Å². The van der Waals surface area contributed by atoms with Crippen molar-refractivity contribution in [1.82, 2.24) is 15.1 Å². The van der Waals surface area contributed by atoms with Crippen LogP contribution < -0.4 is 5.32 Å². The molecule has 0 radical (unpaired) electrons. The maximum atomic E-state index is 13.2. The number of benzene rings is 1. The molecule has 0 aromatic heterocycles. The Balaban J connectivity index is 2.06. The van der Waals surface area contributed by atoms with Gasteiger partial charge in [-0.15, -0.1) is 0 Å². The molecule has 124 valence electrons. The van der Waals surface area contributed by atoms with Gasteiger partial charge < -0.3 is 10.2 Å². The third-order valence-corrected chi connectivity index (χ3v) is 3.73. The summed E-state index contributed by atoms with van der Waals surface area (Å²) in [5.74, 6) is -1.17. The molecule has 1 saturated heterocycles. The van der Waals surface area contributed by atoms with Crippen LogP contribution in [0.3, 0.4) is 0 Å². The standard InChI is InChI=1S/C16H20FN3O3/c1-4-19(9-11-6-5-7-12(17)8-11)13(21)10-20-14(22)16(2,3)18-15(20)23/h5-8H,4,9-10H2,1-3H3,(H,18,23). The number of amides is 4. The Morgan fingerprint density at radius 1 is 1.35 bits per heavy atom. The minimum atomic E-state index is -1.00. The Labute approximate surface area is 134 Å². The van der Waals surface area contributed by atoms with E-state index in [-0.39, 0.29) is 24.8 Å². The van der Waals surface area contributed by atoms with Gasteiger partial charge in [0.2, 0.25) is 5.91 Å². The average molecular weight is 321 g/mol. The summed E-state index contributed by atoms with van der Waals surface area (Å²) in [5, 5.41) is 2.53. The fourth-order valence-electron chi connectivity index (χ4n) is 2.43. The van der Waals surface area contributed by atoms with Crippen LogP contribution in [0.25, 0.3) is 0 Å². The zero-order valence-electron chi connectivity index (χ0n) is 13.4. The first kappa shape index (κ1) is 16.9. The molecule has 1 aliphatic rings. The normalized spacial score (nSPS) is 16.4. The van der Waals surface area contributed by atoms with E-state index in [9.17, 15) is 18.8 Å². The zero-order valence-corrected chi connectivity index (χ0v) is 13.4. The second kappa shape index (κ2) is 6.36. The van der Waals surface area contributed by atoms with Crippen molar-refractivity contribution in [1.29, 1.82) is 0 Å². The smallest absolute Gasteiger partial charge is 0.325 e. The summed E-state index contributed by atoms with van der Waals surface area (Å²) in [7, 11) is 0. The van der Waals surface area contributed by atoms with Crippen molar-refractivity contribution in [2.24, 2.45) is 0 Å². The Kier molecular flexibility index (Phi) is 4.68. The van der Waals surface area contributed by atoms with Crippen LogP contribution in [0.2, 0.25) is 0 Å². The Morgan fingerprint density at radius 2 is 2.04 bits per heavy atom. The van der Waals surface area contributed by atoms with Gasteiger partial charge in [0, 0.05) is 13.1 Å². The van der Waals surface area contributed by atoms with E-state index in [4.69, 9.17) is 0 Å². The van der Waals surface area contributed by atoms with Crippen molar-refractivity contribution in [2.75, 3.05) is 13.1 Å². The molecule has 2 rings (SSSR count). The quantitative estimate of drug-likeness (QED) is 0.836. The molecule has 1 aromatic carbocycles. The highest BCUT2D eigenvalue weighted by Gasteiger charge is 2.45. The zero-order chi connectivity index (χ0) is 17.2. The molecule has 1 N–H and O–H groups in total. The summed E-state index contributed by atoms with van der Waals surface area (Å²) in [4.78, 5) is 38.7. The van der Waals surface area contributed by atoms with E-state index in [1.165, 1.54) is 17.0 Å². The highest BCUT2D eigenvalue weighted by molar-refractivity contribution is 6.08. The highest BCUT2D eigenvalue weighted by atomic mass is 19.1. The van der Waals surface area contributed by atoms with Gasteiger partial charge in [0.25, 0.3) is 5.91 Å². The van der Waals surface area contributed by atoms with Gasteiger partial charge in [0.1, 0.15) is 17.9 Å². The molecular formula is C16H20FN3O3. The van der Waals surface area contributed by atoms with Crippen molar-refractivity contribution in [3.05, 3.63) is 35.6 Å². The van der Waals surface area contributed by atoms with Crippen LogP contribution in [0, 0.1) is 5.82 Å². The molecule has 0 bridgehead atoms. The summed E-state index contributed by atoms with van der Waals surface area (Å²) in [6, 6.07) is 5.40. The molecule has 0 unspecified atom stereocenters. The topological polar surface area (TPSA) is 69.7 Å². The number of imide groups is 1. The van der Waals surface area contributed by atoms with Gasteiger partial charge in [-0.05, 0) is 38.5 Å². The third kappa shape index (κ3) is 3.67. The van der Waals surface area contributed by atoms with E-state index in [1.54, 1.807) is 32.9 Å². The maximum Gasteiger partial charge on any atom is 0.325 e. The van der Waals surface area contributed by atoms with Crippen molar-refractivity contribution in [3.8, 4) is 0 Å². The molecule has 23 heavy (non-hydrogen) atoms. The van der Waals surface area contributed by atoms with Gasteiger partial charge in [-0.3, -0.25) is 14.5 Å². The second-order valence-corrected chi connectivity index (χ2v) is 5.98. The van der Waals surface area contributed by atoms with E-state index < -0.39 is 17.5 Å². The first-order valence-corrected chi connectivity index (χ1v) is 7.41. The Bertz CT molecular complexity index is 645. The Hall–Kier alpha value is -2.44. The average Bonchev–Trinajstić information content (AvgIpc) is 2.66. The third-order valence-electron chi connectivity index (χ3n) is 3.73. The van der Waals surface area contributed by atoms with Crippen LogP contribution in [0.1, 0.15) is 26.3 Å². The molecular weight excluding hydrogens is 301 g/mol. The summed E-state index contributed by atoms with van der Waals surface area (Å²) < 4.78 is 13.2. The molecule has 0 saturated carbocycles. The monoisotopic (exact) mass is 321 g/mol. The number of hydrogen-bond donors (Lipinski definition) is 1. The van der Waals surface area contributed by atoms with Crippen molar-refractivity contribution in [2.45, 2.75) is 32.9 Å². The van der Waals surface area contributed by atoms with Gasteiger partial charge in [-0.1, -0.05) is 12.1 Å². The predicted molar refractivity (Wildman–Crippen MR) is 81.8 cm³/mol. The van der Waals surface area contributed by atoms with Gasteiger partial charge in [-0.2, -0.15) is 0 Å². The van der Waals surface area contributed by atoms with Gasteiger partial charge in [0.05, 0.1) is 0 Å². The molecule has 6 nitrogen and oxygen atoms in total. The number of urea groups is 1. The molecule has 7 heteroatoms. The van der Waals surface area contributed by atoms with E-state index in [0.717, 1.165) is 4.90 Å². The van der Waals surface area contributed by atoms with Gasteiger partial charge in [0.15, 0.2) is 0 Å². The van der Waals surface area contributed by atoms with Crippen molar-refractivity contribution >= 4 is 17.8 Å². The number of rotatable bonds is 5.